The number of amides is 1. The third-order valence-electron chi connectivity index (χ3n) is 6.38. The molecule has 1 aliphatic rings. The average molecular weight is 572 g/mol. The molecule has 1 saturated heterocycles. The van der Waals surface area contributed by atoms with E-state index in [-0.39, 0.29) is 5.91 Å². The number of aliphatic imine (C=N–C) groups is 1. The number of para-hydroxylation sites is 1. The van der Waals surface area contributed by atoms with Crippen LogP contribution < -0.4 is 14.2 Å². The van der Waals surface area contributed by atoms with Gasteiger partial charge in [0.1, 0.15) is 5.75 Å². The number of methoxy groups -OCH3 is 1. The van der Waals surface area contributed by atoms with Gasteiger partial charge in [-0.2, -0.15) is 0 Å². The van der Waals surface area contributed by atoms with E-state index in [4.69, 9.17) is 24.3 Å². The van der Waals surface area contributed by atoms with Gasteiger partial charge in [0.05, 0.1) is 24.3 Å². The van der Waals surface area contributed by atoms with Crippen molar-refractivity contribution in [2.24, 2.45) is 4.99 Å². The van der Waals surface area contributed by atoms with E-state index in [1.54, 1.807) is 36.3 Å². The predicted octanol–water partition coefficient (Wildman–Crippen LogP) is 5.89. The van der Waals surface area contributed by atoms with Crippen LogP contribution in [-0.4, -0.2) is 58.9 Å². The van der Waals surface area contributed by atoms with Crippen LogP contribution in [0.4, 0.5) is 5.69 Å². The fraction of sp³-hybridized carbons (Fsp3) is 0.194. The number of nitrogens with one attached hydrogen (secondary N) is 1. The predicted molar refractivity (Wildman–Crippen MR) is 160 cm³/mol. The lowest BCUT2D eigenvalue weighted by atomic mass is 10.1. The molecule has 2 N–H and O–H groups in total. The molecule has 1 amide bonds. The standard InChI is InChI=1S/C31H29N3O6S/c1-3-39-27-16-20(8-13-26(27)40-19-29(35)36)17-28-30(37)34(15-14-21-18-32-25-7-5-4-6-24(21)25)31(41-28)33-22-9-11-23(38-2)12-10-22/h4-13,16-18,32H,3,14-15,19H2,1-2H3,(H,35,36). The van der Waals surface area contributed by atoms with Crippen LogP contribution >= 0.6 is 11.8 Å². The van der Waals surface area contributed by atoms with Gasteiger partial charge in [-0.1, -0.05) is 24.3 Å². The second-order valence-corrected chi connectivity index (χ2v) is 10.1. The Bertz CT molecular complexity index is 1630. The number of carbonyl (C=O) groups is 2. The van der Waals surface area contributed by atoms with Crippen LogP contribution in [0.3, 0.4) is 0 Å². The van der Waals surface area contributed by atoms with Gasteiger partial charge in [-0.15, -0.1) is 0 Å². The molecule has 5 rings (SSSR count). The Kier molecular flexibility index (Phi) is 8.59. The molecule has 0 saturated carbocycles. The molecule has 2 heterocycles. The molecule has 0 aliphatic carbocycles. The first-order valence-electron chi connectivity index (χ1n) is 13.1. The number of carbonyl (C=O) groups excluding carboxylic acids is 1. The van der Waals surface area contributed by atoms with Crippen molar-refractivity contribution in [3.05, 3.63) is 89.0 Å². The molecule has 1 aromatic heterocycles. The monoisotopic (exact) mass is 571 g/mol. The summed E-state index contributed by atoms with van der Waals surface area (Å²) in [6.45, 7) is 2.17. The number of H-pyrrole nitrogens is 1. The van der Waals surface area contributed by atoms with Crippen LogP contribution in [-0.2, 0) is 16.0 Å². The second-order valence-electron chi connectivity index (χ2n) is 9.09. The Hall–Kier alpha value is -4.70. The number of amidine groups is 1. The number of nitrogens with zero attached hydrogens (tertiary/aromatic N) is 2. The van der Waals surface area contributed by atoms with Gasteiger partial charge < -0.3 is 24.3 Å². The average Bonchev–Trinajstić information content (AvgIpc) is 3.52. The minimum Gasteiger partial charge on any atom is -0.497 e. The van der Waals surface area contributed by atoms with E-state index in [9.17, 15) is 9.59 Å². The quantitative estimate of drug-likeness (QED) is 0.216. The summed E-state index contributed by atoms with van der Waals surface area (Å²) in [7, 11) is 1.61. The molecule has 0 spiro atoms. The van der Waals surface area contributed by atoms with E-state index in [1.807, 2.05) is 55.6 Å². The van der Waals surface area contributed by atoms with Gasteiger partial charge >= 0.3 is 5.97 Å². The van der Waals surface area contributed by atoms with Crippen molar-refractivity contribution in [3.63, 3.8) is 0 Å². The van der Waals surface area contributed by atoms with E-state index in [0.717, 1.165) is 22.2 Å². The van der Waals surface area contributed by atoms with E-state index < -0.39 is 12.6 Å². The van der Waals surface area contributed by atoms with Gasteiger partial charge in [-0.25, -0.2) is 9.79 Å². The molecule has 41 heavy (non-hydrogen) atoms. The van der Waals surface area contributed by atoms with Gasteiger partial charge in [0.2, 0.25) is 0 Å². The summed E-state index contributed by atoms with van der Waals surface area (Å²) in [5, 5.41) is 10.7. The summed E-state index contributed by atoms with van der Waals surface area (Å²) in [6.07, 6.45) is 4.42. The Morgan fingerprint density at radius 1 is 1.07 bits per heavy atom. The number of aliphatic carboxylic acids is 1. The normalized spacial score (nSPS) is 15.2. The fourth-order valence-electron chi connectivity index (χ4n) is 4.42. The van der Waals surface area contributed by atoms with Gasteiger partial charge in [-0.3, -0.25) is 9.69 Å². The van der Waals surface area contributed by atoms with E-state index in [0.29, 0.717) is 52.4 Å². The van der Waals surface area contributed by atoms with Crippen LogP contribution in [0.15, 0.2) is 82.8 Å². The molecule has 1 aliphatic heterocycles. The lowest BCUT2D eigenvalue weighted by molar-refractivity contribution is -0.139. The van der Waals surface area contributed by atoms with Crippen molar-refractivity contribution in [3.8, 4) is 17.2 Å². The van der Waals surface area contributed by atoms with Crippen molar-refractivity contribution < 1.29 is 28.9 Å². The van der Waals surface area contributed by atoms with E-state index >= 15 is 0 Å². The first-order chi connectivity index (χ1) is 19.9. The third-order valence-corrected chi connectivity index (χ3v) is 7.39. The molecule has 10 heteroatoms. The number of ether oxygens (including phenoxy) is 3. The zero-order valence-corrected chi connectivity index (χ0v) is 23.4. The molecule has 1 fully saturated rings. The number of hydrogen-bond acceptors (Lipinski definition) is 7. The number of hydrogen-bond donors (Lipinski definition) is 2. The molecular formula is C31H29N3O6S. The van der Waals surface area contributed by atoms with Crippen molar-refractivity contribution in [2.75, 3.05) is 26.9 Å². The zero-order chi connectivity index (χ0) is 28.8. The first kappa shape index (κ1) is 27.9. The Morgan fingerprint density at radius 3 is 2.63 bits per heavy atom. The fourth-order valence-corrected chi connectivity index (χ4v) is 5.44. The highest BCUT2D eigenvalue weighted by Gasteiger charge is 2.33. The number of carboxylic acid groups (broad SMARTS) is 1. The van der Waals surface area contributed by atoms with Crippen LogP contribution in [0.2, 0.25) is 0 Å². The minimum absolute atomic E-state index is 0.147. The van der Waals surface area contributed by atoms with Gasteiger partial charge in [0.15, 0.2) is 23.3 Å². The first-order valence-corrected chi connectivity index (χ1v) is 13.9. The third kappa shape index (κ3) is 6.55. The molecule has 3 aromatic carbocycles. The molecule has 9 nitrogen and oxygen atoms in total. The Labute approximate surface area is 241 Å². The molecular weight excluding hydrogens is 542 g/mol. The van der Waals surface area contributed by atoms with Crippen LogP contribution in [0, 0.1) is 0 Å². The number of aromatic nitrogens is 1. The van der Waals surface area contributed by atoms with Crippen LogP contribution in [0.5, 0.6) is 17.2 Å². The highest BCUT2D eigenvalue weighted by molar-refractivity contribution is 8.18. The number of rotatable bonds is 11. The van der Waals surface area contributed by atoms with Crippen molar-refractivity contribution >= 4 is 51.5 Å². The topological polar surface area (TPSA) is 113 Å². The lowest BCUT2D eigenvalue weighted by Gasteiger charge is -2.15. The summed E-state index contributed by atoms with van der Waals surface area (Å²) < 4.78 is 16.3. The van der Waals surface area contributed by atoms with Crippen LogP contribution in [0.25, 0.3) is 17.0 Å². The molecule has 0 radical (unpaired) electrons. The smallest absolute Gasteiger partial charge is 0.341 e. The van der Waals surface area contributed by atoms with Gasteiger partial charge in [0.25, 0.3) is 5.91 Å². The van der Waals surface area contributed by atoms with Crippen LogP contribution in [0.1, 0.15) is 18.1 Å². The maximum atomic E-state index is 13.7. The largest absolute Gasteiger partial charge is 0.497 e. The second kappa shape index (κ2) is 12.6. The highest BCUT2D eigenvalue weighted by atomic mass is 32.2. The number of aromatic amines is 1. The Balaban J connectivity index is 1.44. The summed E-state index contributed by atoms with van der Waals surface area (Å²) in [5.41, 5.74) is 3.60. The molecule has 0 bridgehead atoms. The number of benzene rings is 3. The SMILES string of the molecule is CCOc1cc(C=C2SC(=Nc3ccc(OC)cc3)N(CCc3c[nH]c4ccccc34)C2=O)ccc1OCC(=O)O. The lowest BCUT2D eigenvalue weighted by Crippen LogP contribution is -2.31. The molecule has 4 aromatic rings. The molecule has 0 unspecified atom stereocenters. The van der Waals surface area contributed by atoms with Crippen molar-refractivity contribution in [2.45, 2.75) is 13.3 Å². The number of thioether (sulfide) groups is 1. The number of fused-ring (bicyclic) bond motifs is 1. The van der Waals surface area contributed by atoms with Crippen molar-refractivity contribution in [1.29, 1.82) is 0 Å². The van der Waals surface area contributed by atoms with Gasteiger partial charge in [-0.05, 0) is 84.8 Å². The van der Waals surface area contributed by atoms with E-state index in [2.05, 4.69) is 11.1 Å². The Morgan fingerprint density at radius 2 is 1.88 bits per heavy atom. The minimum atomic E-state index is -1.08. The highest BCUT2D eigenvalue weighted by Crippen LogP contribution is 2.36. The summed E-state index contributed by atoms with van der Waals surface area (Å²) >= 11 is 1.30. The van der Waals surface area contributed by atoms with Crippen molar-refractivity contribution in [1.82, 2.24) is 9.88 Å². The molecule has 210 valence electrons. The van der Waals surface area contributed by atoms with E-state index in [1.165, 1.54) is 11.8 Å². The number of carboxylic acids is 1. The zero-order valence-electron chi connectivity index (χ0n) is 22.6. The summed E-state index contributed by atoms with van der Waals surface area (Å²) in [6, 6.07) is 20.6. The maximum absolute atomic E-state index is 13.7. The maximum Gasteiger partial charge on any atom is 0.341 e. The molecule has 0 atom stereocenters. The summed E-state index contributed by atoms with van der Waals surface area (Å²) in [4.78, 5) is 35.0. The summed E-state index contributed by atoms with van der Waals surface area (Å²) in [5.74, 6) is 0.224. The van der Waals surface area contributed by atoms with Gasteiger partial charge in [0, 0.05) is 23.6 Å².